The van der Waals surface area contributed by atoms with Crippen LogP contribution in [0.4, 0.5) is 0 Å². The van der Waals surface area contributed by atoms with Gasteiger partial charge in [0.15, 0.2) is 0 Å². The Kier molecular flexibility index (Phi) is 6.40. The monoisotopic (exact) mass is 349 g/mol. The van der Waals surface area contributed by atoms with Gasteiger partial charge in [-0.2, -0.15) is 5.10 Å². The molecule has 1 unspecified atom stereocenters. The lowest BCUT2D eigenvalue weighted by Crippen LogP contribution is -2.29. The molecular formula is C18H24ClN3O2. The third-order valence-electron chi connectivity index (χ3n) is 3.78. The lowest BCUT2D eigenvalue weighted by atomic mass is 10.1. The maximum absolute atomic E-state index is 12.4. The van der Waals surface area contributed by atoms with Gasteiger partial charge < -0.3 is 10.4 Å². The van der Waals surface area contributed by atoms with E-state index >= 15 is 0 Å². The van der Waals surface area contributed by atoms with Crippen molar-refractivity contribution in [3.05, 3.63) is 52.3 Å². The molecule has 0 aliphatic rings. The SMILES string of the molecule is CCc1c(C(=O)NCC(O)c2ccc(Cl)cc2)cnn1CC(C)C. The van der Waals surface area contributed by atoms with Gasteiger partial charge in [0, 0.05) is 18.1 Å². The highest BCUT2D eigenvalue weighted by molar-refractivity contribution is 6.30. The molecule has 2 N–H and O–H groups in total. The summed E-state index contributed by atoms with van der Waals surface area (Å²) in [5.41, 5.74) is 2.20. The molecule has 1 aromatic carbocycles. The molecule has 130 valence electrons. The number of aromatic nitrogens is 2. The minimum atomic E-state index is -0.776. The van der Waals surface area contributed by atoms with E-state index in [2.05, 4.69) is 24.3 Å². The van der Waals surface area contributed by atoms with Crippen molar-refractivity contribution in [3.8, 4) is 0 Å². The molecule has 6 heteroatoms. The molecule has 0 spiro atoms. The first-order valence-electron chi connectivity index (χ1n) is 8.18. The van der Waals surface area contributed by atoms with Gasteiger partial charge in [-0.3, -0.25) is 9.48 Å². The first kappa shape index (κ1) is 18.5. The molecule has 1 atom stereocenters. The normalized spacial score (nSPS) is 12.4. The third-order valence-corrected chi connectivity index (χ3v) is 4.03. The highest BCUT2D eigenvalue weighted by atomic mass is 35.5. The number of nitrogens with zero attached hydrogens (tertiary/aromatic N) is 2. The summed E-state index contributed by atoms with van der Waals surface area (Å²) in [7, 11) is 0. The average molecular weight is 350 g/mol. The number of nitrogens with one attached hydrogen (secondary N) is 1. The van der Waals surface area contributed by atoms with Crippen molar-refractivity contribution < 1.29 is 9.90 Å². The number of carbonyl (C=O) groups is 1. The molecule has 5 nitrogen and oxygen atoms in total. The van der Waals surface area contributed by atoms with Crippen LogP contribution in [0.3, 0.4) is 0 Å². The smallest absolute Gasteiger partial charge is 0.254 e. The minimum Gasteiger partial charge on any atom is -0.387 e. The van der Waals surface area contributed by atoms with Crippen LogP contribution in [0.1, 0.15) is 48.5 Å². The Morgan fingerprint density at radius 1 is 1.33 bits per heavy atom. The Bertz CT molecular complexity index is 680. The topological polar surface area (TPSA) is 67.2 Å². The number of hydrogen-bond donors (Lipinski definition) is 2. The van der Waals surface area contributed by atoms with E-state index < -0.39 is 6.10 Å². The fourth-order valence-electron chi connectivity index (χ4n) is 2.56. The lowest BCUT2D eigenvalue weighted by molar-refractivity contribution is 0.0915. The van der Waals surface area contributed by atoms with Crippen LogP contribution in [0.5, 0.6) is 0 Å². The van der Waals surface area contributed by atoms with Crippen LogP contribution >= 0.6 is 11.6 Å². The Morgan fingerprint density at radius 2 is 2.00 bits per heavy atom. The van der Waals surface area contributed by atoms with Gasteiger partial charge in [-0.25, -0.2) is 0 Å². The number of carbonyl (C=O) groups excluding carboxylic acids is 1. The quantitative estimate of drug-likeness (QED) is 0.806. The average Bonchev–Trinajstić information content (AvgIpc) is 2.94. The van der Waals surface area contributed by atoms with Crippen molar-refractivity contribution in [2.75, 3.05) is 6.54 Å². The molecule has 0 radical (unpaired) electrons. The fourth-order valence-corrected chi connectivity index (χ4v) is 2.69. The number of halogens is 1. The second kappa shape index (κ2) is 8.31. The Morgan fingerprint density at radius 3 is 2.58 bits per heavy atom. The van der Waals surface area contributed by atoms with E-state index in [9.17, 15) is 9.90 Å². The van der Waals surface area contributed by atoms with E-state index in [1.807, 2.05) is 11.6 Å². The maximum atomic E-state index is 12.4. The van der Waals surface area contributed by atoms with Crippen molar-refractivity contribution in [1.29, 1.82) is 0 Å². The van der Waals surface area contributed by atoms with E-state index in [4.69, 9.17) is 11.6 Å². The predicted molar refractivity (Wildman–Crippen MR) is 95.2 cm³/mol. The van der Waals surface area contributed by atoms with Crippen molar-refractivity contribution in [3.63, 3.8) is 0 Å². The molecule has 1 amide bonds. The standard InChI is InChI=1S/C18H24ClN3O2/c1-4-16-15(9-21-22(16)11-12(2)3)18(24)20-10-17(23)13-5-7-14(19)8-6-13/h5-9,12,17,23H,4,10-11H2,1-3H3,(H,20,24). The summed E-state index contributed by atoms with van der Waals surface area (Å²) in [6.45, 7) is 7.16. The molecule has 1 aromatic heterocycles. The summed E-state index contributed by atoms with van der Waals surface area (Å²) >= 11 is 5.83. The van der Waals surface area contributed by atoms with Gasteiger partial charge in [-0.05, 0) is 30.0 Å². The van der Waals surface area contributed by atoms with Gasteiger partial charge in [-0.15, -0.1) is 0 Å². The zero-order valence-electron chi connectivity index (χ0n) is 14.3. The van der Waals surface area contributed by atoms with E-state index in [1.54, 1.807) is 30.5 Å². The van der Waals surface area contributed by atoms with Crippen molar-refractivity contribution in [2.45, 2.75) is 39.8 Å². The number of amides is 1. The number of aliphatic hydroxyl groups is 1. The molecule has 0 fully saturated rings. The number of benzene rings is 1. The Labute approximate surface area is 147 Å². The minimum absolute atomic E-state index is 0.138. The largest absolute Gasteiger partial charge is 0.387 e. The summed E-state index contributed by atoms with van der Waals surface area (Å²) in [6, 6.07) is 6.93. The molecule has 2 aromatic rings. The Hall–Kier alpha value is -1.85. The maximum Gasteiger partial charge on any atom is 0.254 e. The molecule has 24 heavy (non-hydrogen) atoms. The second-order valence-corrected chi connectivity index (χ2v) is 6.65. The van der Waals surface area contributed by atoms with Crippen LogP contribution < -0.4 is 5.32 Å². The zero-order chi connectivity index (χ0) is 17.7. The van der Waals surface area contributed by atoms with Gasteiger partial charge in [0.1, 0.15) is 0 Å². The summed E-state index contributed by atoms with van der Waals surface area (Å²) in [5, 5.41) is 17.9. The lowest BCUT2D eigenvalue weighted by Gasteiger charge is -2.13. The van der Waals surface area contributed by atoms with Crippen molar-refractivity contribution >= 4 is 17.5 Å². The van der Waals surface area contributed by atoms with E-state index in [0.29, 0.717) is 22.1 Å². The van der Waals surface area contributed by atoms with Crippen LogP contribution in [-0.4, -0.2) is 27.3 Å². The highest BCUT2D eigenvalue weighted by Gasteiger charge is 2.18. The highest BCUT2D eigenvalue weighted by Crippen LogP contribution is 2.16. The number of hydrogen-bond acceptors (Lipinski definition) is 3. The van der Waals surface area contributed by atoms with Gasteiger partial charge in [0.25, 0.3) is 5.91 Å². The van der Waals surface area contributed by atoms with Crippen molar-refractivity contribution in [1.82, 2.24) is 15.1 Å². The molecule has 0 aliphatic carbocycles. The second-order valence-electron chi connectivity index (χ2n) is 6.21. The number of aliphatic hydroxyl groups excluding tert-OH is 1. The van der Waals surface area contributed by atoms with E-state index in [0.717, 1.165) is 18.7 Å². The summed E-state index contributed by atoms with van der Waals surface area (Å²) in [4.78, 5) is 12.4. The van der Waals surface area contributed by atoms with Crippen LogP contribution in [-0.2, 0) is 13.0 Å². The molecule has 2 rings (SSSR count). The van der Waals surface area contributed by atoms with E-state index in [-0.39, 0.29) is 12.5 Å². The van der Waals surface area contributed by atoms with Crippen LogP contribution in [0.2, 0.25) is 5.02 Å². The van der Waals surface area contributed by atoms with Gasteiger partial charge in [0.05, 0.1) is 23.6 Å². The molecule has 0 saturated heterocycles. The molecule has 0 bridgehead atoms. The summed E-state index contributed by atoms with van der Waals surface area (Å²) in [6.07, 6.45) is 1.56. The fraction of sp³-hybridized carbons (Fsp3) is 0.444. The molecular weight excluding hydrogens is 326 g/mol. The first-order chi connectivity index (χ1) is 11.4. The van der Waals surface area contributed by atoms with Gasteiger partial charge >= 0.3 is 0 Å². The summed E-state index contributed by atoms with van der Waals surface area (Å²) < 4.78 is 1.88. The van der Waals surface area contributed by atoms with Gasteiger partial charge in [0.2, 0.25) is 0 Å². The van der Waals surface area contributed by atoms with Crippen LogP contribution in [0, 0.1) is 5.92 Å². The number of rotatable bonds is 7. The first-order valence-corrected chi connectivity index (χ1v) is 8.56. The molecule has 1 heterocycles. The summed E-state index contributed by atoms with van der Waals surface area (Å²) in [5.74, 6) is 0.243. The van der Waals surface area contributed by atoms with Crippen molar-refractivity contribution in [2.24, 2.45) is 5.92 Å². The Balaban J connectivity index is 2.02. The van der Waals surface area contributed by atoms with E-state index in [1.165, 1.54) is 0 Å². The van der Waals surface area contributed by atoms with Crippen LogP contribution in [0.15, 0.2) is 30.5 Å². The predicted octanol–water partition coefficient (Wildman–Crippen LogP) is 3.22. The van der Waals surface area contributed by atoms with Crippen LogP contribution in [0.25, 0.3) is 0 Å². The van der Waals surface area contributed by atoms with Gasteiger partial charge in [-0.1, -0.05) is 44.5 Å². The molecule has 0 saturated carbocycles. The zero-order valence-corrected chi connectivity index (χ0v) is 15.0. The molecule has 0 aliphatic heterocycles. The third kappa shape index (κ3) is 4.58.